The van der Waals surface area contributed by atoms with Crippen LogP contribution >= 0.6 is 11.3 Å². The number of carbonyl (C=O) groups is 1. The SMILES string of the molecule is Cc1ccccc1NC(=O)c1ccccc1-c1nc2ccccc2s1. The molecule has 0 saturated heterocycles. The summed E-state index contributed by atoms with van der Waals surface area (Å²) in [5, 5.41) is 3.87. The Morgan fingerprint density at radius 1 is 0.920 bits per heavy atom. The lowest BCUT2D eigenvalue weighted by Crippen LogP contribution is -2.13. The first-order chi connectivity index (χ1) is 12.2. The van der Waals surface area contributed by atoms with Gasteiger partial charge in [0.15, 0.2) is 0 Å². The molecule has 1 N–H and O–H groups in total. The number of benzene rings is 3. The average molecular weight is 344 g/mol. The third-order valence-corrected chi connectivity index (χ3v) is 5.16. The Labute approximate surface area is 150 Å². The van der Waals surface area contributed by atoms with Crippen molar-refractivity contribution in [3.8, 4) is 10.6 Å². The molecule has 0 aliphatic carbocycles. The van der Waals surface area contributed by atoms with Crippen molar-refractivity contribution in [2.45, 2.75) is 6.92 Å². The van der Waals surface area contributed by atoms with Gasteiger partial charge in [-0.2, -0.15) is 0 Å². The molecule has 1 amide bonds. The van der Waals surface area contributed by atoms with Gasteiger partial charge in [-0.3, -0.25) is 4.79 Å². The number of rotatable bonds is 3. The fourth-order valence-corrected chi connectivity index (χ4v) is 3.76. The molecule has 4 heteroatoms. The van der Waals surface area contributed by atoms with Gasteiger partial charge in [0.2, 0.25) is 0 Å². The predicted molar refractivity (Wildman–Crippen MR) is 104 cm³/mol. The molecule has 122 valence electrons. The molecule has 0 bridgehead atoms. The van der Waals surface area contributed by atoms with Crippen molar-refractivity contribution in [1.29, 1.82) is 0 Å². The van der Waals surface area contributed by atoms with Crippen LogP contribution in [0.5, 0.6) is 0 Å². The largest absolute Gasteiger partial charge is 0.322 e. The van der Waals surface area contributed by atoms with Gasteiger partial charge >= 0.3 is 0 Å². The molecule has 1 heterocycles. The lowest BCUT2D eigenvalue weighted by atomic mass is 10.1. The number of amides is 1. The molecular formula is C21H16N2OS. The molecule has 0 aliphatic heterocycles. The van der Waals surface area contributed by atoms with Crippen LogP contribution in [0.1, 0.15) is 15.9 Å². The minimum atomic E-state index is -0.121. The summed E-state index contributed by atoms with van der Waals surface area (Å²) < 4.78 is 1.12. The van der Waals surface area contributed by atoms with Crippen molar-refractivity contribution in [3.05, 3.63) is 83.9 Å². The number of thiazole rings is 1. The zero-order valence-corrected chi connectivity index (χ0v) is 14.5. The molecular weight excluding hydrogens is 328 g/mol. The first-order valence-electron chi connectivity index (χ1n) is 8.04. The Hall–Kier alpha value is -2.98. The highest BCUT2D eigenvalue weighted by atomic mass is 32.1. The average Bonchev–Trinajstić information content (AvgIpc) is 3.07. The maximum atomic E-state index is 12.8. The number of aryl methyl sites for hydroxylation is 1. The first-order valence-corrected chi connectivity index (χ1v) is 8.86. The van der Waals surface area contributed by atoms with Gasteiger partial charge in [-0.15, -0.1) is 11.3 Å². The molecule has 0 saturated carbocycles. The molecule has 3 nitrogen and oxygen atoms in total. The Balaban J connectivity index is 1.74. The normalized spacial score (nSPS) is 10.8. The maximum absolute atomic E-state index is 12.8. The number of carbonyl (C=O) groups excluding carboxylic acids is 1. The zero-order valence-electron chi connectivity index (χ0n) is 13.7. The third-order valence-electron chi connectivity index (χ3n) is 4.09. The van der Waals surface area contributed by atoms with E-state index in [0.29, 0.717) is 5.56 Å². The summed E-state index contributed by atoms with van der Waals surface area (Å²) >= 11 is 1.60. The van der Waals surface area contributed by atoms with Gasteiger partial charge < -0.3 is 5.32 Å². The summed E-state index contributed by atoms with van der Waals surface area (Å²) in [4.78, 5) is 17.5. The van der Waals surface area contributed by atoms with Gasteiger partial charge in [0.1, 0.15) is 5.01 Å². The molecule has 25 heavy (non-hydrogen) atoms. The van der Waals surface area contributed by atoms with Crippen molar-refractivity contribution < 1.29 is 4.79 Å². The van der Waals surface area contributed by atoms with E-state index >= 15 is 0 Å². The lowest BCUT2D eigenvalue weighted by Gasteiger charge is -2.10. The summed E-state index contributed by atoms with van der Waals surface area (Å²) in [6.45, 7) is 1.98. The highest BCUT2D eigenvalue weighted by molar-refractivity contribution is 7.21. The number of anilines is 1. The lowest BCUT2D eigenvalue weighted by molar-refractivity contribution is 0.102. The van der Waals surface area contributed by atoms with Crippen molar-refractivity contribution in [2.75, 3.05) is 5.32 Å². The van der Waals surface area contributed by atoms with Crippen LogP contribution in [0.4, 0.5) is 5.69 Å². The minimum absolute atomic E-state index is 0.121. The molecule has 0 spiro atoms. The van der Waals surface area contributed by atoms with E-state index in [2.05, 4.69) is 10.3 Å². The minimum Gasteiger partial charge on any atom is -0.322 e. The molecule has 0 aliphatic rings. The quantitative estimate of drug-likeness (QED) is 0.531. The Bertz CT molecular complexity index is 1040. The number of aromatic nitrogens is 1. The van der Waals surface area contributed by atoms with E-state index in [9.17, 15) is 4.79 Å². The molecule has 0 unspecified atom stereocenters. The Morgan fingerprint density at radius 2 is 1.64 bits per heavy atom. The number of para-hydroxylation sites is 2. The van der Waals surface area contributed by atoms with Crippen LogP contribution in [0.15, 0.2) is 72.8 Å². The maximum Gasteiger partial charge on any atom is 0.256 e. The van der Waals surface area contributed by atoms with E-state index in [1.54, 1.807) is 11.3 Å². The highest BCUT2D eigenvalue weighted by Gasteiger charge is 2.16. The fourth-order valence-electron chi connectivity index (χ4n) is 2.76. The van der Waals surface area contributed by atoms with E-state index in [-0.39, 0.29) is 5.91 Å². The molecule has 4 aromatic rings. The van der Waals surface area contributed by atoms with Gasteiger partial charge in [0.25, 0.3) is 5.91 Å². The Morgan fingerprint density at radius 3 is 2.48 bits per heavy atom. The topological polar surface area (TPSA) is 42.0 Å². The number of fused-ring (bicyclic) bond motifs is 1. The number of nitrogens with one attached hydrogen (secondary N) is 1. The number of hydrogen-bond donors (Lipinski definition) is 1. The van der Waals surface area contributed by atoms with Crippen molar-refractivity contribution in [3.63, 3.8) is 0 Å². The Kier molecular flexibility index (Phi) is 4.04. The smallest absolute Gasteiger partial charge is 0.256 e. The van der Waals surface area contributed by atoms with Crippen LogP contribution in [0.2, 0.25) is 0 Å². The van der Waals surface area contributed by atoms with Crippen molar-refractivity contribution >= 4 is 33.1 Å². The van der Waals surface area contributed by atoms with Crippen molar-refractivity contribution in [1.82, 2.24) is 4.98 Å². The van der Waals surface area contributed by atoms with E-state index in [4.69, 9.17) is 0 Å². The van der Waals surface area contributed by atoms with Crippen LogP contribution in [-0.2, 0) is 0 Å². The second-order valence-corrected chi connectivity index (χ2v) is 6.83. The summed E-state index contributed by atoms with van der Waals surface area (Å²) in [7, 11) is 0. The van der Waals surface area contributed by atoms with E-state index in [0.717, 1.165) is 32.0 Å². The van der Waals surface area contributed by atoms with Gasteiger partial charge in [0.05, 0.1) is 10.2 Å². The molecule has 1 aromatic heterocycles. The van der Waals surface area contributed by atoms with E-state index in [1.165, 1.54) is 0 Å². The summed E-state index contributed by atoms with van der Waals surface area (Å²) in [6.07, 6.45) is 0. The summed E-state index contributed by atoms with van der Waals surface area (Å²) in [5.74, 6) is -0.121. The van der Waals surface area contributed by atoms with Crippen LogP contribution in [0, 0.1) is 6.92 Å². The molecule has 4 rings (SSSR count). The highest BCUT2D eigenvalue weighted by Crippen LogP contribution is 2.32. The number of nitrogens with zero attached hydrogens (tertiary/aromatic N) is 1. The molecule has 3 aromatic carbocycles. The summed E-state index contributed by atoms with van der Waals surface area (Å²) in [5.41, 5.74) is 4.30. The second kappa shape index (κ2) is 6.49. The van der Waals surface area contributed by atoms with Crippen LogP contribution in [0.3, 0.4) is 0 Å². The zero-order chi connectivity index (χ0) is 17.2. The van der Waals surface area contributed by atoms with Gasteiger partial charge in [-0.05, 0) is 36.8 Å². The monoisotopic (exact) mass is 344 g/mol. The molecule has 0 atom stereocenters. The van der Waals surface area contributed by atoms with Crippen LogP contribution in [-0.4, -0.2) is 10.9 Å². The van der Waals surface area contributed by atoms with Crippen LogP contribution < -0.4 is 5.32 Å². The van der Waals surface area contributed by atoms with Crippen LogP contribution in [0.25, 0.3) is 20.8 Å². The molecule has 0 radical (unpaired) electrons. The van der Waals surface area contributed by atoms with E-state index in [1.807, 2.05) is 79.7 Å². The predicted octanol–water partition coefficient (Wildman–Crippen LogP) is 5.52. The number of hydrogen-bond acceptors (Lipinski definition) is 3. The fraction of sp³-hybridized carbons (Fsp3) is 0.0476. The second-order valence-electron chi connectivity index (χ2n) is 5.80. The first kappa shape index (κ1) is 15.5. The van der Waals surface area contributed by atoms with Gasteiger partial charge in [-0.25, -0.2) is 4.98 Å². The van der Waals surface area contributed by atoms with Gasteiger partial charge in [-0.1, -0.05) is 48.5 Å². The van der Waals surface area contributed by atoms with Gasteiger partial charge in [0, 0.05) is 16.8 Å². The summed E-state index contributed by atoms with van der Waals surface area (Å²) in [6, 6.07) is 23.4. The molecule has 0 fully saturated rings. The van der Waals surface area contributed by atoms with E-state index < -0.39 is 0 Å². The third kappa shape index (κ3) is 3.04. The van der Waals surface area contributed by atoms with Crippen molar-refractivity contribution in [2.24, 2.45) is 0 Å². The standard InChI is InChI=1S/C21H16N2OS/c1-14-8-2-5-11-17(14)22-20(24)15-9-3-4-10-16(15)21-23-18-12-6-7-13-19(18)25-21/h2-13H,1H3,(H,22,24).